The highest BCUT2D eigenvalue weighted by Gasteiger charge is 2.16. The zero-order valence-corrected chi connectivity index (χ0v) is 6.65. The van der Waals surface area contributed by atoms with Gasteiger partial charge < -0.3 is 5.11 Å². The van der Waals surface area contributed by atoms with E-state index in [9.17, 15) is 4.79 Å². The molecule has 0 amide bonds. The maximum Gasteiger partial charge on any atom is 0.307 e. The third kappa shape index (κ3) is 1.77. The highest BCUT2D eigenvalue weighted by atomic mass is 32.2. The van der Waals surface area contributed by atoms with Gasteiger partial charge in [-0.25, -0.2) is 0 Å². The van der Waals surface area contributed by atoms with Gasteiger partial charge in [-0.15, -0.1) is 11.8 Å². The highest BCUT2D eigenvalue weighted by Crippen LogP contribution is 2.29. The first-order valence-corrected chi connectivity index (χ1v) is 4.27. The van der Waals surface area contributed by atoms with Gasteiger partial charge in [0, 0.05) is 5.75 Å². The Kier molecular flexibility index (Phi) is 2.38. The minimum absolute atomic E-state index is 0.216. The van der Waals surface area contributed by atoms with Gasteiger partial charge in [0.15, 0.2) is 0 Å². The molecule has 1 aliphatic heterocycles. The maximum absolute atomic E-state index is 10.3. The third-order valence-electron chi connectivity index (χ3n) is 1.57. The van der Waals surface area contributed by atoms with E-state index in [1.54, 1.807) is 11.8 Å². The van der Waals surface area contributed by atoms with Crippen LogP contribution >= 0.6 is 11.8 Å². The standard InChI is InChI=1S/C7H10O2S/c1-5-3-10-4-6(5)2-7(8)9/h4-5H,2-3H2,1H3,(H,8,9). The van der Waals surface area contributed by atoms with Crippen molar-refractivity contribution in [2.75, 3.05) is 5.75 Å². The van der Waals surface area contributed by atoms with Crippen LogP contribution in [0.25, 0.3) is 0 Å². The fourth-order valence-corrected chi connectivity index (χ4v) is 2.04. The zero-order valence-electron chi connectivity index (χ0n) is 5.83. The lowest BCUT2D eigenvalue weighted by Crippen LogP contribution is -2.03. The number of hydrogen-bond donors (Lipinski definition) is 1. The van der Waals surface area contributed by atoms with Crippen LogP contribution in [0.3, 0.4) is 0 Å². The molecule has 0 bridgehead atoms. The van der Waals surface area contributed by atoms with Crippen molar-refractivity contribution in [3.63, 3.8) is 0 Å². The molecule has 2 nitrogen and oxygen atoms in total. The number of thioether (sulfide) groups is 1. The van der Waals surface area contributed by atoms with Gasteiger partial charge in [0.2, 0.25) is 0 Å². The van der Waals surface area contributed by atoms with Crippen molar-refractivity contribution in [3.05, 3.63) is 11.0 Å². The Bertz CT molecular complexity index is 174. The van der Waals surface area contributed by atoms with E-state index in [-0.39, 0.29) is 6.42 Å². The summed E-state index contributed by atoms with van der Waals surface area (Å²) in [5, 5.41) is 10.4. The molecule has 10 heavy (non-hydrogen) atoms. The first-order chi connectivity index (χ1) is 4.70. The van der Waals surface area contributed by atoms with E-state index in [0.717, 1.165) is 11.3 Å². The van der Waals surface area contributed by atoms with Crippen molar-refractivity contribution < 1.29 is 9.90 Å². The van der Waals surface area contributed by atoms with Crippen LogP contribution in [0.4, 0.5) is 0 Å². The fourth-order valence-electron chi connectivity index (χ4n) is 0.913. The molecule has 0 aliphatic carbocycles. The van der Waals surface area contributed by atoms with Crippen molar-refractivity contribution >= 4 is 17.7 Å². The SMILES string of the molecule is CC1CSC=C1CC(=O)O. The molecule has 0 saturated carbocycles. The summed E-state index contributed by atoms with van der Waals surface area (Å²) in [6, 6.07) is 0. The summed E-state index contributed by atoms with van der Waals surface area (Å²) in [7, 11) is 0. The molecule has 1 rings (SSSR count). The molecule has 0 spiro atoms. The smallest absolute Gasteiger partial charge is 0.307 e. The van der Waals surface area contributed by atoms with E-state index >= 15 is 0 Å². The minimum Gasteiger partial charge on any atom is -0.481 e. The molecule has 0 aromatic rings. The third-order valence-corrected chi connectivity index (χ3v) is 2.73. The summed E-state index contributed by atoms with van der Waals surface area (Å²) < 4.78 is 0. The number of carbonyl (C=O) groups is 1. The molecule has 1 heterocycles. The van der Waals surface area contributed by atoms with Crippen LogP contribution in [0.1, 0.15) is 13.3 Å². The van der Waals surface area contributed by atoms with Gasteiger partial charge in [-0.1, -0.05) is 6.92 Å². The molecular weight excluding hydrogens is 148 g/mol. The summed E-state index contributed by atoms with van der Waals surface area (Å²) in [5.41, 5.74) is 1.07. The van der Waals surface area contributed by atoms with Gasteiger partial charge in [-0.2, -0.15) is 0 Å². The molecule has 1 N–H and O–H groups in total. The molecule has 0 saturated heterocycles. The summed E-state index contributed by atoms with van der Waals surface area (Å²) in [6.45, 7) is 2.06. The van der Waals surface area contributed by atoms with Crippen LogP contribution in [0.15, 0.2) is 11.0 Å². The topological polar surface area (TPSA) is 37.3 Å². The number of aliphatic carboxylic acids is 1. The number of rotatable bonds is 2. The number of carboxylic acids is 1. The van der Waals surface area contributed by atoms with Crippen LogP contribution in [0.5, 0.6) is 0 Å². The van der Waals surface area contributed by atoms with Crippen LogP contribution < -0.4 is 0 Å². The number of hydrogen-bond acceptors (Lipinski definition) is 2. The normalized spacial score (nSPS) is 24.5. The second kappa shape index (κ2) is 3.10. The molecule has 56 valence electrons. The van der Waals surface area contributed by atoms with E-state index in [1.807, 2.05) is 5.41 Å². The molecule has 1 atom stereocenters. The van der Waals surface area contributed by atoms with Crippen LogP contribution in [-0.2, 0) is 4.79 Å². The zero-order chi connectivity index (χ0) is 7.56. The van der Waals surface area contributed by atoms with Gasteiger partial charge in [0.1, 0.15) is 0 Å². The van der Waals surface area contributed by atoms with Crippen molar-refractivity contribution in [1.82, 2.24) is 0 Å². The molecular formula is C7H10O2S. The summed E-state index contributed by atoms with van der Waals surface area (Å²) in [4.78, 5) is 10.3. The minimum atomic E-state index is -0.722. The van der Waals surface area contributed by atoms with E-state index < -0.39 is 5.97 Å². The molecule has 1 aliphatic rings. The maximum atomic E-state index is 10.3. The lowest BCUT2D eigenvalue weighted by atomic mass is 10.0. The molecule has 0 aromatic carbocycles. The van der Waals surface area contributed by atoms with E-state index in [4.69, 9.17) is 5.11 Å². The van der Waals surface area contributed by atoms with Gasteiger partial charge in [0.25, 0.3) is 0 Å². The monoisotopic (exact) mass is 158 g/mol. The molecule has 0 fully saturated rings. The van der Waals surface area contributed by atoms with Crippen LogP contribution in [0, 0.1) is 5.92 Å². The Morgan fingerprint density at radius 2 is 2.70 bits per heavy atom. The Morgan fingerprint density at radius 1 is 2.00 bits per heavy atom. The Labute approximate surface area is 64.3 Å². The van der Waals surface area contributed by atoms with E-state index in [2.05, 4.69) is 6.92 Å². The van der Waals surface area contributed by atoms with Crippen molar-refractivity contribution in [1.29, 1.82) is 0 Å². The summed E-state index contributed by atoms with van der Waals surface area (Å²) in [5.74, 6) is 0.782. The van der Waals surface area contributed by atoms with Crippen molar-refractivity contribution in [2.24, 2.45) is 5.92 Å². The fraction of sp³-hybridized carbons (Fsp3) is 0.571. The van der Waals surface area contributed by atoms with Gasteiger partial charge in [-0.05, 0) is 16.9 Å². The first-order valence-electron chi connectivity index (χ1n) is 3.22. The van der Waals surface area contributed by atoms with E-state index in [1.165, 1.54) is 0 Å². The first kappa shape index (κ1) is 7.66. The Morgan fingerprint density at radius 3 is 3.10 bits per heavy atom. The van der Waals surface area contributed by atoms with Crippen molar-refractivity contribution in [3.8, 4) is 0 Å². The lowest BCUT2D eigenvalue weighted by molar-refractivity contribution is -0.136. The van der Waals surface area contributed by atoms with Crippen LogP contribution in [-0.4, -0.2) is 16.8 Å². The van der Waals surface area contributed by atoms with Gasteiger partial charge >= 0.3 is 5.97 Å². The average Bonchev–Trinajstić information content (AvgIpc) is 2.15. The van der Waals surface area contributed by atoms with Crippen LogP contribution in [0.2, 0.25) is 0 Å². The van der Waals surface area contributed by atoms with Gasteiger partial charge in [0.05, 0.1) is 6.42 Å². The van der Waals surface area contributed by atoms with Crippen molar-refractivity contribution in [2.45, 2.75) is 13.3 Å². The van der Waals surface area contributed by atoms with Gasteiger partial charge in [-0.3, -0.25) is 4.79 Å². The second-order valence-electron chi connectivity index (χ2n) is 2.50. The Hall–Kier alpha value is -0.440. The molecule has 1 unspecified atom stereocenters. The summed E-state index contributed by atoms with van der Waals surface area (Å²) >= 11 is 1.71. The quantitative estimate of drug-likeness (QED) is 0.665. The molecule has 3 heteroatoms. The predicted molar refractivity (Wildman–Crippen MR) is 42.0 cm³/mol. The average molecular weight is 158 g/mol. The number of carboxylic acid groups (broad SMARTS) is 1. The second-order valence-corrected chi connectivity index (χ2v) is 3.40. The van der Waals surface area contributed by atoms with E-state index in [0.29, 0.717) is 5.92 Å². The largest absolute Gasteiger partial charge is 0.481 e. The predicted octanol–water partition coefficient (Wildman–Crippen LogP) is 1.73. The Balaban J connectivity index is 2.47. The molecule has 0 radical (unpaired) electrons. The highest BCUT2D eigenvalue weighted by molar-refractivity contribution is 8.02. The molecule has 0 aromatic heterocycles. The summed E-state index contributed by atoms with van der Waals surface area (Å²) in [6.07, 6.45) is 0.216. The lowest BCUT2D eigenvalue weighted by Gasteiger charge is -2.03.